The Morgan fingerprint density at radius 3 is 2.75 bits per heavy atom. The van der Waals surface area contributed by atoms with E-state index in [1.165, 1.54) is 4.90 Å². The van der Waals surface area contributed by atoms with Gasteiger partial charge in [0.05, 0.1) is 25.2 Å². The van der Waals surface area contributed by atoms with E-state index in [0.717, 1.165) is 12.8 Å². The van der Waals surface area contributed by atoms with E-state index in [1.807, 2.05) is 20.8 Å². The lowest BCUT2D eigenvalue weighted by Crippen LogP contribution is -2.50. The lowest BCUT2D eigenvalue weighted by Gasteiger charge is -2.30. The number of amides is 4. The van der Waals surface area contributed by atoms with Crippen molar-refractivity contribution < 1.29 is 29.2 Å². The molecule has 3 atom stereocenters. The highest BCUT2D eigenvalue weighted by Gasteiger charge is 2.46. The third kappa shape index (κ3) is 4.07. The van der Waals surface area contributed by atoms with Crippen LogP contribution in [0.5, 0.6) is 0 Å². The van der Waals surface area contributed by atoms with Gasteiger partial charge in [0.1, 0.15) is 11.6 Å². The zero-order valence-corrected chi connectivity index (χ0v) is 16.7. The van der Waals surface area contributed by atoms with Crippen LogP contribution in [0.15, 0.2) is 11.6 Å². The Balaban J connectivity index is 1.53. The SMILES string of the molecule is CC1=C[C@H]2CN(C(=O)N2O)[C@@H]1C(=O)NOC[C@@H]1CCCN1C(=O)OC(C)(C)C. The summed E-state index contributed by atoms with van der Waals surface area (Å²) in [4.78, 5) is 45.2. The monoisotopic (exact) mass is 396 g/mol. The van der Waals surface area contributed by atoms with E-state index in [1.54, 1.807) is 17.9 Å². The molecule has 10 heteroatoms. The number of hydroxylamine groups is 3. The van der Waals surface area contributed by atoms with E-state index in [9.17, 15) is 19.6 Å². The lowest BCUT2D eigenvalue weighted by atomic mass is 10.0. The van der Waals surface area contributed by atoms with Gasteiger partial charge in [-0.2, -0.15) is 5.06 Å². The molecule has 2 bridgehead atoms. The standard InChI is InChI=1S/C18H28N4O6/c1-11-8-13-9-21(16(24)22(13)26)14(11)15(23)19-27-10-12-6-5-7-20(12)17(25)28-18(2,3)4/h8,12-14,26H,5-7,9-10H2,1-4H3,(H,19,23)/t12-,13-,14-/m0/s1. The zero-order valence-electron chi connectivity index (χ0n) is 16.7. The highest BCUT2D eigenvalue weighted by molar-refractivity contribution is 5.91. The van der Waals surface area contributed by atoms with E-state index < -0.39 is 35.7 Å². The van der Waals surface area contributed by atoms with Gasteiger partial charge in [-0.1, -0.05) is 6.08 Å². The lowest BCUT2D eigenvalue weighted by molar-refractivity contribution is -0.138. The molecule has 0 aromatic heterocycles. The van der Waals surface area contributed by atoms with Crippen molar-refractivity contribution in [3.63, 3.8) is 0 Å². The second-order valence-electron chi connectivity index (χ2n) is 8.41. The topological polar surface area (TPSA) is 112 Å². The third-order valence-electron chi connectivity index (χ3n) is 5.04. The average Bonchev–Trinajstić information content (AvgIpc) is 3.14. The molecule has 156 valence electrons. The maximum atomic E-state index is 12.5. The second kappa shape index (κ2) is 7.59. The van der Waals surface area contributed by atoms with Crippen molar-refractivity contribution in [3.05, 3.63) is 11.6 Å². The average molecular weight is 396 g/mol. The van der Waals surface area contributed by atoms with Crippen LogP contribution in [-0.2, 0) is 14.4 Å². The maximum Gasteiger partial charge on any atom is 0.410 e. The summed E-state index contributed by atoms with van der Waals surface area (Å²) >= 11 is 0. The number of hydrogen-bond donors (Lipinski definition) is 2. The molecule has 10 nitrogen and oxygen atoms in total. The molecule has 0 aromatic rings. The first kappa shape index (κ1) is 20.4. The zero-order chi connectivity index (χ0) is 20.6. The normalized spacial score (nSPS) is 27.2. The summed E-state index contributed by atoms with van der Waals surface area (Å²) in [6.07, 6.45) is 2.89. The summed E-state index contributed by atoms with van der Waals surface area (Å²) in [6, 6.07) is -2.06. The molecule has 0 radical (unpaired) electrons. The summed E-state index contributed by atoms with van der Waals surface area (Å²) in [7, 11) is 0. The molecule has 3 rings (SSSR count). The maximum absolute atomic E-state index is 12.5. The number of nitrogens with one attached hydrogen (secondary N) is 1. The summed E-state index contributed by atoms with van der Waals surface area (Å²) in [5.41, 5.74) is 2.47. The predicted octanol–water partition coefficient (Wildman–Crippen LogP) is 1.26. The van der Waals surface area contributed by atoms with E-state index in [0.29, 0.717) is 17.2 Å². The molecule has 0 unspecified atom stereocenters. The first-order chi connectivity index (χ1) is 13.1. The van der Waals surface area contributed by atoms with E-state index in [4.69, 9.17) is 9.57 Å². The molecule has 0 spiro atoms. The molecular formula is C18H28N4O6. The molecule has 4 amide bonds. The van der Waals surface area contributed by atoms with Crippen molar-refractivity contribution in [3.8, 4) is 0 Å². The number of likely N-dealkylation sites (tertiary alicyclic amines) is 1. The fraction of sp³-hybridized carbons (Fsp3) is 0.722. The molecule has 3 aliphatic heterocycles. The summed E-state index contributed by atoms with van der Waals surface area (Å²) < 4.78 is 5.41. The second-order valence-corrected chi connectivity index (χ2v) is 8.41. The van der Waals surface area contributed by atoms with Crippen LogP contribution >= 0.6 is 0 Å². The highest BCUT2D eigenvalue weighted by Crippen LogP contribution is 2.28. The fourth-order valence-electron chi connectivity index (χ4n) is 3.79. The number of nitrogens with zero attached hydrogens (tertiary/aromatic N) is 3. The Kier molecular flexibility index (Phi) is 5.53. The van der Waals surface area contributed by atoms with Gasteiger partial charge in [-0.15, -0.1) is 0 Å². The molecule has 2 fully saturated rings. The number of urea groups is 1. The molecule has 3 heterocycles. The van der Waals surface area contributed by atoms with Crippen LogP contribution in [0.1, 0.15) is 40.5 Å². The first-order valence-corrected chi connectivity index (χ1v) is 9.47. The summed E-state index contributed by atoms with van der Waals surface area (Å²) in [5.74, 6) is -0.488. The molecule has 0 saturated carbocycles. The largest absolute Gasteiger partial charge is 0.444 e. The molecule has 3 aliphatic rings. The minimum absolute atomic E-state index is 0.128. The molecule has 0 aliphatic carbocycles. The van der Waals surface area contributed by atoms with E-state index >= 15 is 0 Å². The Hall–Kier alpha value is -2.33. The van der Waals surface area contributed by atoms with Crippen molar-refractivity contribution >= 4 is 18.0 Å². The van der Waals surface area contributed by atoms with Crippen LogP contribution in [0.3, 0.4) is 0 Å². The number of fused-ring (bicyclic) bond motifs is 2. The smallest absolute Gasteiger partial charge is 0.410 e. The third-order valence-corrected chi connectivity index (χ3v) is 5.04. The number of ether oxygens (including phenoxy) is 1. The Bertz CT molecular complexity index is 688. The van der Waals surface area contributed by atoms with Crippen LogP contribution in [0.2, 0.25) is 0 Å². The first-order valence-electron chi connectivity index (χ1n) is 9.47. The quantitative estimate of drug-likeness (QED) is 0.420. The predicted molar refractivity (Wildman–Crippen MR) is 97.1 cm³/mol. The van der Waals surface area contributed by atoms with Crippen LogP contribution < -0.4 is 5.48 Å². The number of hydrogen-bond acceptors (Lipinski definition) is 6. The van der Waals surface area contributed by atoms with Crippen LogP contribution in [0.25, 0.3) is 0 Å². The van der Waals surface area contributed by atoms with Crippen molar-refractivity contribution in [2.24, 2.45) is 0 Å². The van der Waals surface area contributed by atoms with Gasteiger partial charge in [0.25, 0.3) is 5.91 Å². The highest BCUT2D eigenvalue weighted by atomic mass is 16.7. The van der Waals surface area contributed by atoms with Crippen LogP contribution in [0, 0.1) is 0 Å². The molecule has 28 heavy (non-hydrogen) atoms. The molecular weight excluding hydrogens is 368 g/mol. The van der Waals surface area contributed by atoms with E-state index in [2.05, 4.69) is 5.48 Å². The minimum Gasteiger partial charge on any atom is -0.444 e. The number of carbonyl (C=O) groups excluding carboxylic acids is 3. The molecule has 2 N–H and O–H groups in total. The molecule has 2 saturated heterocycles. The summed E-state index contributed by atoms with van der Waals surface area (Å²) in [5, 5.41) is 10.4. The van der Waals surface area contributed by atoms with Gasteiger partial charge >= 0.3 is 12.1 Å². The Labute approximate surface area is 163 Å². The van der Waals surface area contributed by atoms with Gasteiger partial charge in [0.15, 0.2) is 0 Å². The minimum atomic E-state index is -0.827. The number of rotatable bonds is 4. The van der Waals surface area contributed by atoms with Crippen molar-refractivity contribution in [1.82, 2.24) is 20.3 Å². The summed E-state index contributed by atoms with van der Waals surface area (Å²) in [6.45, 7) is 8.12. The van der Waals surface area contributed by atoms with Gasteiger partial charge in [-0.25, -0.2) is 15.1 Å². The Morgan fingerprint density at radius 2 is 2.07 bits per heavy atom. The van der Waals surface area contributed by atoms with Gasteiger partial charge in [-0.05, 0) is 46.1 Å². The van der Waals surface area contributed by atoms with Crippen molar-refractivity contribution in [1.29, 1.82) is 0 Å². The van der Waals surface area contributed by atoms with Crippen LogP contribution in [-0.4, -0.2) is 81.5 Å². The Morgan fingerprint density at radius 1 is 1.36 bits per heavy atom. The van der Waals surface area contributed by atoms with Gasteiger partial charge in [0.2, 0.25) is 0 Å². The number of carbonyl (C=O) groups is 3. The van der Waals surface area contributed by atoms with E-state index in [-0.39, 0.29) is 19.2 Å². The van der Waals surface area contributed by atoms with Gasteiger partial charge in [-0.3, -0.25) is 14.8 Å². The van der Waals surface area contributed by atoms with Gasteiger partial charge in [0, 0.05) is 6.54 Å². The van der Waals surface area contributed by atoms with Gasteiger partial charge < -0.3 is 14.5 Å². The van der Waals surface area contributed by atoms with Crippen molar-refractivity contribution in [2.75, 3.05) is 19.7 Å². The fourth-order valence-corrected chi connectivity index (χ4v) is 3.79. The van der Waals surface area contributed by atoms with Crippen molar-refractivity contribution in [2.45, 2.75) is 64.3 Å². The van der Waals surface area contributed by atoms with Crippen LogP contribution in [0.4, 0.5) is 9.59 Å². The molecule has 0 aromatic carbocycles.